The summed E-state index contributed by atoms with van der Waals surface area (Å²) in [5.41, 5.74) is 1.99. The molecule has 0 bridgehead atoms. The molecule has 6 heteroatoms. The molecule has 0 atom stereocenters. The molecular weight excluding hydrogens is 332 g/mol. The van der Waals surface area contributed by atoms with E-state index in [4.69, 9.17) is 19.5 Å². The van der Waals surface area contributed by atoms with Gasteiger partial charge < -0.3 is 19.5 Å². The lowest BCUT2D eigenvalue weighted by Crippen LogP contribution is -2.21. The summed E-state index contributed by atoms with van der Waals surface area (Å²) in [7, 11) is 1.57. The van der Waals surface area contributed by atoms with Crippen LogP contribution in [-0.4, -0.2) is 26.2 Å². The average molecular weight is 354 g/mol. The number of rotatable bonds is 9. The number of nitrogens with one attached hydrogen (secondary N) is 1. The number of nitrogens with zero attached hydrogens (tertiary/aromatic N) is 1. The van der Waals surface area contributed by atoms with E-state index in [2.05, 4.69) is 5.32 Å². The highest BCUT2D eigenvalue weighted by Gasteiger charge is 2.07. The minimum absolute atomic E-state index is 0.157. The normalized spacial score (nSPS) is 9.88. The van der Waals surface area contributed by atoms with Gasteiger partial charge in [-0.25, -0.2) is 0 Å². The van der Waals surface area contributed by atoms with E-state index in [1.807, 2.05) is 43.3 Å². The highest BCUT2D eigenvalue weighted by atomic mass is 16.5. The molecule has 136 valence electrons. The number of hydrogen-bond donors (Lipinski definition) is 1. The van der Waals surface area contributed by atoms with Gasteiger partial charge >= 0.3 is 0 Å². The largest absolute Gasteiger partial charge is 0.493 e. The van der Waals surface area contributed by atoms with Crippen molar-refractivity contribution in [3.8, 4) is 23.3 Å². The maximum Gasteiger partial charge on any atom is 0.234 e. The maximum atomic E-state index is 11.4. The van der Waals surface area contributed by atoms with Crippen LogP contribution in [0.2, 0.25) is 0 Å². The first-order valence-electron chi connectivity index (χ1n) is 8.25. The molecule has 2 aromatic rings. The van der Waals surface area contributed by atoms with Gasteiger partial charge in [-0.05, 0) is 42.3 Å². The zero-order chi connectivity index (χ0) is 18.8. The zero-order valence-corrected chi connectivity index (χ0v) is 15.0. The van der Waals surface area contributed by atoms with Crippen molar-refractivity contribution in [1.82, 2.24) is 5.32 Å². The van der Waals surface area contributed by atoms with Crippen LogP contribution >= 0.6 is 0 Å². The van der Waals surface area contributed by atoms with Gasteiger partial charge in [-0.15, -0.1) is 0 Å². The summed E-state index contributed by atoms with van der Waals surface area (Å²) < 4.78 is 16.7. The fourth-order valence-corrected chi connectivity index (χ4v) is 2.30. The predicted molar refractivity (Wildman–Crippen MR) is 97.2 cm³/mol. The first-order valence-corrected chi connectivity index (χ1v) is 8.25. The number of carbonyl (C=O) groups is 1. The summed E-state index contributed by atoms with van der Waals surface area (Å²) in [6.45, 7) is 3.08. The Morgan fingerprint density at radius 2 is 1.92 bits per heavy atom. The van der Waals surface area contributed by atoms with E-state index in [0.29, 0.717) is 31.3 Å². The number of carbonyl (C=O) groups excluding carboxylic acids is 1. The molecule has 1 amide bonds. The number of aryl methyl sites for hydroxylation is 1. The molecule has 6 nitrogen and oxygen atoms in total. The van der Waals surface area contributed by atoms with Crippen LogP contribution in [0.4, 0.5) is 0 Å². The van der Waals surface area contributed by atoms with Crippen LogP contribution in [0, 0.1) is 18.3 Å². The third-order valence-corrected chi connectivity index (χ3v) is 3.56. The molecule has 1 N–H and O–H groups in total. The quantitative estimate of drug-likeness (QED) is 0.700. The minimum Gasteiger partial charge on any atom is -0.493 e. The van der Waals surface area contributed by atoms with E-state index in [1.165, 1.54) is 0 Å². The first kappa shape index (κ1) is 19.1. The Morgan fingerprint density at radius 1 is 1.12 bits per heavy atom. The number of nitriles is 1. The van der Waals surface area contributed by atoms with Crippen molar-refractivity contribution in [2.75, 3.05) is 20.3 Å². The van der Waals surface area contributed by atoms with Crippen LogP contribution in [0.3, 0.4) is 0 Å². The molecule has 0 heterocycles. The van der Waals surface area contributed by atoms with Gasteiger partial charge in [-0.2, -0.15) is 5.26 Å². The van der Waals surface area contributed by atoms with Gasteiger partial charge in [0.1, 0.15) is 25.4 Å². The molecule has 0 aliphatic rings. The Labute approximate surface area is 153 Å². The number of ether oxygens (including phenoxy) is 3. The number of methoxy groups -OCH3 is 1. The lowest BCUT2D eigenvalue weighted by molar-refractivity contribution is -0.120. The molecular formula is C20H22N2O4. The van der Waals surface area contributed by atoms with E-state index in [0.717, 1.165) is 16.9 Å². The monoisotopic (exact) mass is 354 g/mol. The molecule has 0 fully saturated rings. The van der Waals surface area contributed by atoms with Crippen LogP contribution in [-0.2, 0) is 11.3 Å². The topological polar surface area (TPSA) is 80.6 Å². The van der Waals surface area contributed by atoms with Crippen molar-refractivity contribution in [2.45, 2.75) is 19.9 Å². The smallest absolute Gasteiger partial charge is 0.234 e. The Kier molecular flexibility index (Phi) is 7.31. The van der Waals surface area contributed by atoms with Gasteiger partial charge in [0, 0.05) is 6.54 Å². The van der Waals surface area contributed by atoms with Gasteiger partial charge in [-0.1, -0.05) is 18.2 Å². The van der Waals surface area contributed by atoms with Crippen LogP contribution in [0.15, 0.2) is 42.5 Å². The summed E-state index contributed by atoms with van der Waals surface area (Å²) >= 11 is 0. The van der Waals surface area contributed by atoms with E-state index in [1.54, 1.807) is 19.2 Å². The summed E-state index contributed by atoms with van der Waals surface area (Å²) in [5.74, 6) is 1.67. The third kappa shape index (κ3) is 6.02. The Balaban J connectivity index is 1.89. The average Bonchev–Trinajstić information content (AvgIpc) is 2.64. The highest BCUT2D eigenvalue weighted by molar-refractivity contribution is 5.77. The molecule has 0 saturated carbocycles. The molecule has 2 aromatic carbocycles. The maximum absolute atomic E-state index is 11.4. The molecule has 0 radical (unpaired) electrons. The SMILES string of the molecule is COc1ccc(CNC(=O)CC#N)cc1OCCOc1cccc(C)c1. The van der Waals surface area contributed by atoms with E-state index in [9.17, 15) is 4.79 Å². The third-order valence-electron chi connectivity index (χ3n) is 3.56. The van der Waals surface area contributed by atoms with Crippen LogP contribution in [0.1, 0.15) is 17.5 Å². The van der Waals surface area contributed by atoms with Crippen molar-refractivity contribution in [3.63, 3.8) is 0 Å². The van der Waals surface area contributed by atoms with Crippen LogP contribution in [0.5, 0.6) is 17.2 Å². The zero-order valence-electron chi connectivity index (χ0n) is 15.0. The van der Waals surface area contributed by atoms with Gasteiger partial charge in [0.15, 0.2) is 11.5 Å². The van der Waals surface area contributed by atoms with Crippen molar-refractivity contribution in [2.24, 2.45) is 0 Å². The van der Waals surface area contributed by atoms with E-state index < -0.39 is 0 Å². The van der Waals surface area contributed by atoms with Crippen molar-refractivity contribution < 1.29 is 19.0 Å². The predicted octanol–water partition coefficient (Wildman–Crippen LogP) is 2.99. The molecule has 0 aliphatic carbocycles. The Morgan fingerprint density at radius 3 is 2.65 bits per heavy atom. The second kappa shape index (κ2) is 9.94. The molecule has 0 unspecified atom stereocenters. The molecule has 0 spiro atoms. The van der Waals surface area contributed by atoms with E-state index >= 15 is 0 Å². The Bertz CT molecular complexity index is 784. The molecule has 2 rings (SSSR count). The summed E-state index contributed by atoms with van der Waals surface area (Å²) in [6.07, 6.45) is -0.157. The minimum atomic E-state index is -0.308. The van der Waals surface area contributed by atoms with Crippen molar-refractivity contribution in [1.29, 1.82) is 5.26 Å². The number of amides is 1. The standard InChI is InChI=1S/C20H22N2O4/c1-15-4-3-5-17(12-15)25-10-11-26-19-13-16(6-7-18(19)24-2)14-22-20(23)8-9-21/h3-7,12-13H,8,10-11,14H2,1-2H3,(H,22,23). The second-order valence-corrected chi connectivity index (χ2v) is 5.61. The van der Waals surface area contributed by atoms with Gasteiger partial charge in [0.05, 0.1) is 13.2 Å². The number of benzene rings is 2. The Hall–Kier alpha value is -3.20. The van der Waals surface area contributed by atoms with Crippen LogP contribution < -0.4 is 19.5 Å². The summed E-state index contributed by atoms with van der Waals surface area (Å²) in [5, 5.41) is 11.2. The van der Waals surface area contributed by atoms with Crippen molar-refractivity contribution >= 4 is 5.91 Å². The van der Waals surface area contributed by atoms with Gasteiger partial charge in [0.2, 0.25) is 5.91 Å². The first-order chi connectivity index (χ1) is 12.6. The summed E-state index contributed by atoms with van der Waals surface area (Å²) in [6, 6.07) is 15.0. The second-order valence-electron chi connectivity index (χ2n) is 5.61. The lowest BCUT2D eigenvalue weighted by atomic mass is 10.2. The lowest BCUT2D eigenvalue weighted by Gasteiger charge is -2.13. The highest BCUT2D eigenvalue weighted by Crippen LogP contribution is 2.28. The van der Waals surface area contributed by atoms with Gasteiger partial charge in [0.25, 0.3) is 0 Å². The molecule has 0 aliphatic heterocycles. The van der Waals surface area contributed by atoms with E-state index in [-0.39, 0.29) is 12.3 Å². The van der Waals surface area contributed by atoms with Crippen molar-refractivity contribution in [3.05, 3.63) is 53.6 Å². The fraction of sp³-hybridized carbons (Fsp3) is 0.300. The molecule has 0 saturated heterocycles. The fourth-order valence-electron chi connectivity index (χ4n) is 2.30. The number of hydrogen-bond acceptors (Lipinski definition) is 5. The molecule has 26 heavy (non-hydrogen) atoms. The molecule has 0 aromatic heterocycles. The summed E-state index contributed by atoms with van der Waals surface area (Å²) in [4.78, 5) is 11.4. The van der Waals surface area contributed by atoms with Gasteiger partial charge in [-0.3, -0.25) is 4.79 Å². The van der Waals surface area contributed by atoms with Crippen LogP contribution in [0.25, 0.3) is 0 Å².